The maximum Gasteiger partial charge on any atom is 0.326 e. The fourth-order valence-corrected chi connectivity index (χ4v) is 5.09. The fourth-order valence-electron chi connectivity index (χ4n) is 5.09. The average molecular weight is 614 g/mol. The van der Waals surface area contributed by atoms with E-state index in [2.05, 4.69) is 20.9 Å². The van der Waals surface area contributed by atoms with Crippen LogP contribution in [0.3, 0.4) is 0 Å². The lowest BCUT2D eigenvalue weighted by molar-refractivity contribution is -0.142. The van der Waals surface area contributed by atoms with Gasteiger partial charge in [0.2, 0.25) is 17.7 Å². The van der Waals surface area contributed by atoms with Crippen molar-refractivity contribution in [2.45, 2.75) is 57.3 Å². The van der Waals surface area contributed by atoms with Crippen LogP contribution in [0.2, 0.25) is 0 Å². The zero-order chi connectivity index (χ0) is 32.5. The monoisotopic (exact) mass is 613 g/mol. The van der Waals surface area contributed by atoms with Crippen molar-refractivity contribution in [2.24, 2.45) is 11.7 Å². The number of rotatable bonds is 14. The number of phenolic OH excluding ortho intramolecular Hbond substituents is 1. The highest BCUT2D eigenvalue weighted by atomic mass is 16.4. The lowest BCUT2D eigenvalue weighted by Crippen LogP contribution is -2.59. The number of benzene rings is 3. The van der Waals surface area contributed by atoms with Gasteiger partial charge in [-0.25, -0.2) is 4.79 Å². The summed E-state index contributed by atoms with van der Waals surface area (Å²) in [5.41, 5.74) is 9.19. The van der Waals surface area contributed by atoms with Gasteiger partial charge in [-0.15, -0.1) is 0 Å². The minimum atomic E-state index is -1.28. The SMILES string of the molecule is CC(C)C(NC(=O)C(N)Cc1ccccc1)C(=O)NC(Cc1ccc(O)cc1)C(=O)NC(Cc1c[nH]c2ccccc12)C(=O)O. The summed E-state index contributed by atoms with van der Waals surface area (Å²) in [4.78, 5) is 55.5. The second kappa shape index (κ2) is 15.0. The predicted molar refractivity (Wildman–Crippen MR) is 170 cm³/mol. The van der Waals surface area contributed by atoms with Crippen molar-refractivity contribution in [1.29, 1.82) is 0 Å². The topological polar surface area (TPSA) is 187 Å². The Morgan fingerprint density at radius 2 is 1.36 bits per heavy atom. The number of carbonyl (C=O) groups is 4. The van der Waals surface area contributed by atoms with E-state index in [4.69, 9.17) is 5.73 Å². The van der Waals surface area contributed by atoms with E-state index in [-0.39, 0.29) is 30.9 Å². The molecule has 0 aliphatic heterocycles. The molecule has 236 valence electrons. The molecule has 4 unspecified atom stereocenters. The van der Waals surface area contributed by atoms with Gasteiger partial charge in [0.15, 0.2) is 0 Å². The fraction of sp³-hybridized carbons (Fsp3) is 0.294. The van der Waals surface area contributed by atoms with Crippen molar-refractivity contribution in [3.05, 3.63) is 102 Å². The quantitative estimate of drug-likeness (QED) is 0.114. The van der Waals surface area contributed by atoms with E-state index >= 15 is 0 Å². The Morgan fingerprint density at radius 3 is 2.02 bits per heavy atom. The number of carboxylic acid groups (broad SMARTS) is 1. The predicted octanol–water partition coefficient (Wildman–Crippen LogP) is 2.42. The maximum atomic E-state index is 13.6. The van der Waals surface area contributed by atoms with Gasteiger partial charge in [0.05, 0.1) is 6.04 Å². The van der Waals surface area contributed by atoms with Crippen molar-refractivity contribution >= 4 is 34.6 Å². The molecule has 0 spiro atoms. The summed E-state index contributed by atoms with van der Waals surface area (Å²) in [6.45, 7) is 3.51. The van der Waals surface area contributed by atoms with Gasteiger partial charge in [-0.1, -0.05) is 74.5 Å². The van der Waals surface area contributed by atoms with Crippen LogP contribution in [-0.4, -0.2) is 63.1 Å². The molecule has 11 heteroatoms. The van der Waals surface area contributed by atoms with Crippen molar-refractivity contribution < 1.29 is 29.4 Å². The van der Waals surface area contributed by atoms with E-state index in [1.165, 1.54) is 12.1 Å². The van der Waals surface area contributed by atoms with Gasteiger partial charge in [-0.3, -0.25) is 14.4 Å². The van der Waals surface area contributed by atoms with Crippen LogP contribution in [0.4, 0.5) is 0 Å². The molecule has 0 saturated carbocycles. The van der Waals surface area contributed by atoms with Gasteiger partial charge in [-0.05, 0) is 47.2 Å². The third-order valence-electron chi connectivity index (χ3n) is 7.60. The van der Waals surface area contributed by atoms with Crippen LogP contribution in [0, 0.1) is 5.92 Å². The van der Waals surface area contributed by atoms with Crippen LogP contribution in [0.15, 0.2) is 85.1 Å². The molecule has 3 amide bonds. The van der Waals surface area contributed by atoms with E-state index in [1.54, 1.807) is 32.2 Å². The normalized spacial score (nSPS) is 13.9. The lowest BCUT2D eigenvalue weighted by Gasteiger charge is -2.27. The number of hydrogen-bond acceptors (Lipinski definition) is 6. The smallest absolute Gasteiger partial charge is 0.326 e. The summed E-state index contributed by atoms with van der Waals surface area (Å²) in [6.07, 6.45) is 2.00. The number of aromatic amines is 1. The van der Waals surface area contributed by atoms with Crippen LogP contribution in [0.5, 0.6) is 5.75 Å². The molecule has 0 aliphatic carbocycles. The van der Waals surface area contributed by atoms with E-state index in [9.17, 15) is 29.4 Å². The highest BCUT2D eigenvalue weighted by Crippen LogP contribution is 2.19. The Hall–Kier alpha value is -5.16. The second-order valence-corrected chi connectivity index (χ2v) is 11.4. The number of carbonyl (C=O) groups excluding carboxylic acids is 3. The van der Waals surface area contributed by atoms with Crippen molar-refractivity contribution in [2.75, 3.05) is 0 Å². The number of amides is 3. The van der Waals surface area contributed by atoms with Crippen LogP contribution >= 0.6 is 0 Å². The molecule has 3 aromatic carbocycles. The average Bonchev–Trinajstić information content (AvgIpc) is 3.42. The lowest BCUT2D eigenvalue weighted by atomic mass is 9.99. The minimum absolute atomic E-state index is 0.00353. The second-order valence-electron chi connectivity index (χ2n) is 11.4. The summed E-state index contributed by atoms with van der Waals surface area (Å²) in [7, 11) is 0. The van der Waals surface area contributed by atoms with Gasteiger partial charge < -0.3 is 36.9 Å². The molecule has 4 aromatic rings. The molecule has 8 N–H and O–H groups in total. The number of aliphatic carboxylic acids is 1. The molecule has 11 nitrogen and oxygen atoms in total. The molecule has 45 heavy (non-hydrogen) atoms. The van der Waals surface area contributed by atoms with Crippen molar-refractivity contribution in [3.63, 3.8) is 0 Å². The Morgan fingerprint density at radius 1 is 0.733 bits per heavy atom. The van der Waals surface area contributed by atoms with E-state index in [0.717, 1.165) is 16.5 Å². The molecule has 4 atom stereocenters. The highest BCUT2D eigenvalue weighted by Gasteiger charge is 2.32. The Balaban J connectivity index is 1.50. The van der Waals surface area contributed by atoms with Gasteiger partial charge in [0, 0.05) is 29.9 Å². The molecule has 0 aliphatic rings. The zero-order valence-electron chi connectivity index (χ0n) is 25.2. The number of nitrogens with one attached hydrogen (secondary N) is 4. The number of hydrogen-bond donors (Lipinski definition) is 7. The summed E-state index contributed by atoms with van der Waals surface area (Å²) in [5, 5.41) is 28.6. The Kier molecular flexibility index (Phi) is 10.9. The Bertz CT molecular complexity index is 1620. The number of H-pyrrole nitrogens is 1. The third kappa shape index (κ3) is 8.93. The van der Waals surface area contributed by atoms with Gasteiger partial charge in [0.1, 0.15) is 23.9 Å². The maximum absolute atomic E-state index is 13.6. The number of aromatic nitrogens is 1. The van der Waals surface area contributed by atoms with E-state index in [1.807, 2.05) is 54.6 Å². The zero-order valence-corrected chi connectivity index (χ0v) is 25.2. The van der Waals surface area contributed by atoms with E-state index in [0.29, 0.717) is 11.1 Å². The molecule has 1 aromatic heterocycles. The van der Waals surface area contributed by atoms with Crippen molar-refractivity contribution in [3.8, 4) is 5.75 Å². The number of phenols is 1. The first kappa shape index (κ1) is 32.7. The van der Waals surface area contributed by atoms with E-state index < -0.39 is 47.9 Å². The number of carboxylic acids is 1. The molecule has 0 bridgehead atoms. The first-order chi connectivity index (χ1) is 21.5. The first-order valence-corrected chi connectivity index (χ1v) is 14.8. The molecule has 0 radical (unpaired) electrons. The number of fused-ring (bicyclic) bond motifs is 1. The molecule has 0 fully saturated rings. The number of aromatic hydroxyl groups is 1. The molecule has 1 heterocycles. The summed E-state index contributed by atoms with van der Waals surface area (Å²) in [6, 6.07) is 18.4. The van der Waals surface area contributed by atoms with Crippen LogP contribution in [-0.2, 0) is 38.4 Å². The summed E-state index contributed by atoms with van der Waals surface area (Å²) in [5.74, 6) is -3.40. The largest absolute Gasteiger partial charge is 0.508 e. The molecular weight excluding hydrogens is 574 g/mol. The first-order valence-electron chi connectivity index (χ1n) is 14.8. The van der Waals surface area contributed by atoms with Crippen molar-refractivity contribution in [1.82, 2.24) is 20.9 Å². The van der Waals surface area contributed by atoms with Crippen LogP contribution in [0.25, 0.3) is 10.9 Å². The molecule has 4 rings (SSSR count). The highest BCUT2D eigenvalue weighted by molar-refractivity contribution is 5.94. The summed E-state index contributed by atoms with van der Waals surface area (Å²) < 4.78 is 0. The number of para-hydroxylation sites is 1. The van der Waals surface area contributed by atoms with Gasteiger partial charge in [0.25, 0.3) is 0 Å². The Labute approximate surface area is 261 Å². The van der Waals surface area contributed by atoms with Crippen LogP contribution in [0.1, 0.15) is 30.5 Å². The van der Waals surface area contributed by atoms with Crippen LogP contribution < -0.4 is 21.7 Å². The molecular formula is C34H39N5O6. The number of nitrogens with two attached hydrogens (primary N) is 1. The standard InChI is InChI=1S/C34H39N5O6/c1-20(2)30(39-31(41)26(35)16-21-8-4-3-5-9-21)33(43)37-28(17-22-12-14-24(40)15-13-22)32(42)38-29(34(44)45)18-23-19-36-27-11-7-6-10-25(23)27/h3-15,19-20,26,28-30,36,40H,16-18,35H2,1-2H3,(H,37,43)(H,38,42)(H,39,41)(H,44,45). The van der Waals surface area contributed by atoms with Gasteiger partial charge >= 0.3 is 5.97 Å². The third-order valence-corrected chi connectivity index (χ3v) is 7.60. The summed E-state index contributed by atoms with van der Waals surface area (Å²) >= 11 is 0. The molecule has 0 saturated heterocycles. The minimum Gasteiger partial charge on any atom is -0.508 e. The van der Waals surface area contributed by atoms with Gasteiger partial charge in [-0.2, -0.15) is 0 Å².